The fourth-order valence-corrected chi connectivity index (χ4v) is 1.60. The van der Waals surface area contributed by atoms with E-state index in [9.17, 15) is 0 Å². The van der Waals surface area contributed by atoms with E-state index in [0.717, 1.165) is 10.2 Å². The Kier molecular flexibility index (Phi) is 3.22. The molecule has 54 valence electrons. The molecule has 10 heavy (non-hydrogen) atoms. The van der Waals surface area contributed by atoms with E-state index in [1.807, 2.05) is 6.20 Å². The van der Waals surface area contributed by atoms with Crippen LogP contribution >= 0.6 is 27.7 Å². The van der Waals surface area contributed by atoms with Gasteiger partial charge in [-0.15, -0.1) is 0 Å². The van der Waals surface area contributed by atoms with Crippen molar-refractivity contribution in [3.05, 3.63) is 28.5 Å². The van der Waals surface area contributed by atoms with Crippen molar-refractivity contribution in [1.82, 2.24) is 4.98 Å². The van der Waals surface area contributed by atoms with Crippen LogP contribution in [0.5, 0.6) is 0 Å². The molecule has 0 bridgehead atoms. The number of rotatable bonds is 2. The fraction of sp³-hybridized carbons (Fsp3) is 0.286. The third-order valence-corrected chi connectivity index (χ3v) is 2.13. The molecule has 3 heteroatoms. The van der Waals surface area contributed by atoms with Crippen LogP contribution in [0, 0.1) is 0 Å². The molecule has 0 fully saturated rings. The zero-order valence-electron chi connectivity index (χ0n) is 5.67. The van der Waals surface area contributed by atoms with Crippen LogP contribution in [0.2, 0.25) is 0 Å². The topological polar surface area (TPSA) is 12.9 Å². The third-order valence-electron chi connectivity index (χ3n) is 1.07. The van der Waals surface area contributed by atoms with E-state index >= 15 is 0 Å². The van der Waals surface area contributed by atoms with E-state index in [2.05, 4.69) is 33.2 Å². The second kappa shape index (κ2) is 3.98. The average Bonchev–Trinajstić information content (AvgIpc) is 1.88. The van der Waals surface area contributed by atoms with E-state index in [1.54, 1.807) is 18.0 Å². The zero-order valence-corrected chi connectivity index (χ0v) is 8.08. The summed E-state index contributed by atoms with van der Waals surface area (Å²) in [5.41, 5.74) is 1.27. The van der Waals surface area contributed by atoms with Crippen molar-refractivity contribution < 1.29 is 0 Å². The van der Waals surface area contributed by atoms with Gasteiger partial charge in [0.05, 0.1) is 0 Å². The molecule has 0 radical (unpaired) electrons. The van der Waals surface area contributed by atoms with Crippen LogP contribution in [0.25, 0.3) is 0 Å². The SMILES string of the molecule is CSCc1cncc(Br)c1. The molecule has 1 heterocycles. The second-order valence-electron chi connectivity index (χ2n) is 1.94. The summed E-state index contributed by atoms with van der Waals surface area (Å²) >= 11 is 5.16. The summed E-state index contributed by atoms with van der Waals surface area (Å²) in [5, 5.41) is 0. The fourth-order valence-electron chi connectivity index (χ4n) is 0.701. The number of pyridine rings is 1. The van der Waals surface area contributed by atoms with Crippen LogP contribution in [0.4, 0.5) is 0 Å². The van der Waals surface area contributed by atoms with Crippen LogP contribution in [0.15, 0.2) is 22.9 Å². The van der Waals surface area contributed by atoms with E-state index in [1.165, 1.54) is 5.56 Å². The quantitative estimate of drug-likeness (QED) is 0.756. The predicted octanol–water partition coefficient (Wildman–Crippen LogP) is 2.71. The summed E-state index contributed by atoms with van der Waals surface area (Å²) in [6, 6.07) is 2.09. The molecule has 1 aromatic heterocycles. The summed E-state index contributed by atoms with van der Waals surface area (Å²) in [7, 11) is 0. The zero-order chi connectivity index (χ0) is 7.40. The predicted molar refractivity (Wildman–Crippen MR) is 49.2 cm³/mol. The molecule has 0 saturated heterocycles. The van der Waals surface area contributed by atoms with Crippen molar-refractivity contribution in [2.45, 2.75) is 5.75 Å². The lowest BCUT2D eigenvalue weighted by Crippen LogP contribution is -1.80. The smallest absolute Gasteiger partial charge is 0.0410 e. The number of hydrogen-bond donors (Lipinski definition) is 0. The molecule has 0 atom stereocenters. The Labute approximate surface area is 73.4 Å². The highest BCUT2D eigenvalue weighted by Gasteiger charge is 1.91. The summed E-state index contributed by atoms with van der Waals surface area (Å²) in [6.07, 6.45) is 5.77. The molecule has 1 rings (SSSR count). The standard InChI is InChI=1S/C7H8BrNS/c1-10-5-6-2-7(8)4-9-3-6/h2-4H,5H2,1H3. The largest absolute Gasteiger partial charge is 0.263 e. The first-order chi connectivity index (χ1) is 4.83. The molecule has 0 aromatic carbocycles. The first-order valence-corrected chi connectivity index (χ1v) is 5.10. The monoisotopic (exact) mass is 217 g/mol. The molecule has 0 aliphatic heterocycles. The van der Waals surface area contributed by atoms with Gasteiger partial charge in [0.25, 0.3) is 0 Å². The highest BCUT2D eigenvalue weighted by Crippen LogP contribution is 2.13. The van der Waals surface area contributed by atoms with Gasteiger partial charge in [-0.25, -0.2) is 0 Å². The van der Waals surface area contributed by atoms with Gasteiger partial charge in [-0.2, -0.15) is 11.8 Å². The van der Waals surface area contributed by atoms with Gasteiger partial charge < -0.3 is 0 Å². The molecule has 0 saturated carbocycles. The van der Waals surface area contributed by atoms with Crippen molar-refractivity contribution in [1.29, 1.82) is 0 Å². The van der Waals surface area contributed by atoms with Crippen molar-refractivity contribution >= 4 is 27.7 Å². The Morgan fingerprint density at radius 3 is 3.00 bits per heavy atom. The summed E-state index contributed by atoms with van der Waals surface area (Å²) in [5.74, 6) is 1.03. The lowest BCUT2D eigenvalue weighted by molar-refractivity contribution is 1.24. The molecule has 0 N–H and O–H groups in total. The second-order valence-corrected chi connectivity index (χ2v) is 3.73. The number of halogens is 1. The Hall–Kier alpha value is -0.0200. The average molecular weight is 218 g/mol. The number of nitrogens with zero attached hydrogens (tertiary/aromatic N) is 1. The Morgan fingerprint density at radius 1 is 1.60 bits per heavy atom. The van der Waals surface area contributed by atoms with Gasteiger partial charge >= 0.3 is 0 Å². The minimum Gasteiger partial charge on any atom is -0.263 e. The van der Waals surface area contributed by atoms with E-state index in [0.29, 0.717) is 0 Å². The summed E-state index contributed by atoms with van der Waals surface area (Å²) in [6.45, 7) is 0. The maximum Gasteiger partial charge on any atom is 0.0410 e. The maximum atomic E-state index is 4.04. The number of hydrogen-bond acceptors (Lipinski definition) is 2. The first-order valence-electron chi connectivity index (χ1n) is 2.91. The van der Waals surface area contributed by atoms with Gasteiger partial charge in [-0.1, -0.05) is 0 Å². The molecule has 0 spiro atoms. The van der Waals surface area contributed by atoms with Crippen LogP contribution < -0.4 is 0 Å². The first kappa shape index (κ1) is 8.08. The molecular weight excluding hydrogens is 210 g/mol. The molecule has 1 nitrogen and oxygen atoms in total. The van der Waals surface area contributed by atoms with Crippen LogP contribution in [0.3, 0.4) is 0 Å². The van der Waals surface area contributed by atoms with E-state index in [4.69, 9.17) is 0 Å². The van der Waals surface area contributed by atoms with Crippen molar-refractivity contribution in [3.8, 4) is 0 Å². The molecule has 0 aliphatic carbocycles. The normalized spacial score (nSPS) is 9.80. The van der Waals surface area contributed by atoms with Crippen LogP contribution in [-0.4, -0.2) is 11.2 Å². The lowest BCUT2D eigenvalue weighted by Gasteiger charge is -1.96. The highest BCUT2D eigenvalue weighted by atomic mass is 79.9. The van der Waals surface area contributed by atoms with Crippen LogP contribution in [-0.2, 0) is 5.75 Å². The minimum absolute atomic E-state index is 1.03. The molecular formula is C7H8BrNS. The van der Waals surface area contributed by atoms with Gasteiger partial charge in [0.1, 0.15) is 0 Å². The van der Waals surface area contributed by atoms with Crippen molar-refractivity contribution in [2.24, 2.45) is 0 Å². The van der Waals surface area contributed by atoms with Crippen molar-refractivity contribution in [3.63, 3.8) is 0 Å². The Balaban J connectivity index is 2.75. The molecule has 0 aliphatic rings. The lowest BCUT2D eigenvalue weighted by atomic mass is 10.3. The summed E-state index contributed by atoms with van der Waals surface area (Å²) in [4.78, 5) is 4.04. The van der Waals surface area contributed by atoms with E-state index < -0.39 is 0 Å². The molecule has 0 amide bonds. The van der Waals surface area contributed by atoms with Gasteiger partial charge in [0, 0.05) is 22.6 Å². The maximum absolute atomic E-state index is 4.04. The van der Waals surface area contributed by atoms with Gasteiger partial charge in [0.2, 0.25) is 0 Å². The Morgan fingerprint density at radius 2 is 2.40 bits per heavy atom. The number of thioether (sulfide) groups is 1. The summed E-state index contributed by atoms with van der Waals surface area (Å²) < 4.78 is 1.05. The molecule has 1 aromatic rings. The Bertz CT molecular complexity index is 215. The van der Waals surface area contributed by atoms with Gasteiger partial charge in [-0.05, 0) is 33.8 Å². The van der Waals surface area contributed by atoms with Crippen LogP contribution in [0.1, 0.15) is 5.56 Å². The van der Waals surface area contributed by atoms with Crippen molar-refractivity contribution in [2.75, 3.05) is 6.26 Å². The third kappa shape index (κ3) is 2.31. The van der Waals surface area contributed by atoms with Gasteiger partial charge in [0.15, 0.2) is 0 Å². The van der Waals surface area contributed by atoms with Gasteiger partial charge in [-0.3, -0.25) is 4.98 Å². The molecule has 0 unspecified atom stereocenters. The highest BCUT2D eigenvalue weighted by molar-refractivity contribution is 9.10. The minimum atomic E-state index is 1.03. The van der Waals surface area contributed by atoms with E-state index in [-0.39, 0.29) is 0 Å². The number of aromatic nitrogens is 1.